The normalized spacial score (nSPS) is 19.3. The monoisotopic (exact) mass is 446 g/mol. The van der Waals surface area contributed by atoms with Gasteiger partial charge in [-0.25, -0.2) is 4.79 Å². The van der Waals surface area contributed by atoms with Gasteiger partial charge in [0.1, 0.15) is 18.1 Å². The van der Waals surface area contributed by atoms with Crippen molar-refractivity contribution in [3.63, 3.8) is 0 Å². The number of nitrogens with one attached hydrogen (secondary N) is 2. The van der Waals surface area contributed by atoms with Crippen LogP contribution in [0.1, 0.15) is 39.5 Å². The number of carboxylic acids is 1. The van der Waals surface area contributed by atoms with Crippen LogP contribution in [0.4, 0.5) is 0 Å². The predicted octanol–water partition coefficient (Wildman–Crippen LogP) is -0.850. The molecular weight excluding hydrogens is 412 g/mol. The first-order chi connectivity index (χ1) is 14.1. The first-order valence-electron chi connectivity index (χ1n) is 10.1. The summed E-state index contributed by atoms with van der Waals surface area (Å²) >= 11 is 1.54. The number of thioether (sulfide) groups is 1. The van der Waals surface area contributed by atoms with Crippen LogP contribution in [0.15, 0.2) is 0 Å². The summed E-state index contributed by atoms with van der Waals surface area (Å²) in [4.78, 5) is 50.5. The number of nitrogens with two attached hydrogens (primary N) is 1. The van der Waals surface area contributed by atoms with Gasteiger partial charge in [-0.15, -0.1) is 0 Å². The number of carbonyl (C=O) groups is 4. The maximum absolute atomic E-state index is 13.0. The molecule has 0 bridgehead atoms. The van der Waals surface area contributed by atoms with Crippen LogP contribution >= 0.6 is 11.8 Å². The maximum Gasteiger partial charge on any atom is 0.326 e. The van der Waals surface area contributed by atoms with E-state index in [9.17, 15) is 29.4 Å². The minimum atomic E-state index is -1.26. The molecule has 1 fully saturated rings. The van der Waals surface area contributed by atoms with E-state index in [1.807, 2.05) is 20.1 Å². The van der Waals surface area contributed by atoms with Gasteiger partial charge in [0, 0.05) is 6.54 Å². The molecule has 4 atom stereocenters. The van der Waals surface area contributed by atoms with Crippen LogP contribution in [-0.4, -0.2) is 88.1 Å². The number of amides is 3. The molecule has 10 nitrogen and oxygen atoms in total. The lowest BCUT2D eigenvalue weighted by atomic mass is 10.0. The van der Waals surface area contributed by atoms with E-state index >= 15 is 0 Å². The molecule has 0 spiro atoms. The van der Waals surface area contributed by atoms with Crippen molar-refractivity contribution in [3.8, 4) is 0 Å². The van der Waals surface area contributed by atoms with Crippen molar-refractivity contribution in [2.75, 3.05) is 25.2 Å². The van der Waals surface area contributed by atoms with Crippen molar-refractivity contribution < 1.29 is 29.4 Å². The van der Waals surface area contributed by atoms with Crippen molar-refractivity contribution in [1.82, 2.24) is 15.5 Å². The van der Waals surface area contributed by atoms with Gasteiger partial charge in [0.05, 0.1) is 12.6 Å². The number of carboxylic acid groups (broad SMARTS) is 1. The first kappa shape index (κ1) is 26.2. The second-order valence-corrected chi connectivity index (χ2v) is 8.84. The van der Waals surface area contributed by atoms with Crippen LogP contribution in [0.3, 0.4) is 0 Å². The van der Waals surface area contributed by atoms with Gasteiger partial charge in [-0.1, -0.05) is 13.8 Å². The van der Waals surface area contributed by atoms with E-state index in [1.165, 1.54) is 16.7 Å². The number of aliphatic hydroxyl groups is 1. The van der Waals surface area contributed by atoms with E-state index in [0.717, 1.165) is 0 Å². The van der Waals surface area contributed by atoms with Gasteiger partial charge in [-0.3, -0.25) is 14.4 Å². The molecule has 0 radical (unpaired) electrons. The molecule has 172 valence electrons. The zero-order valence-corrected chi connectivity index (χ0v) is 18.6. The van der Waals surface area contributed by atoms with Crippen LogP contribution in [0, 0.1) is 5.92 Å². The van der Waals surface area contributed by atoms with Crippen LogP contribution in [0.5, 0.6) is 0 Å². The quantitative estimate of drug-likeness (QED) is 0.259. The molecule has 0 saturated carbocycles. The Labute approximate surface area is 181 Å². The molecular formula is C19H34N4O6S. The summed E-state index contributed by atoms with van der Waals surface area (Å²) in [6.07, 6.45) is 3.55. The summed E-state index contributed by atoms with van der Waals surface area (Å²) in [5.74, 6) is -2.09. The molecule has 0 aromatic heterocycles. The van der Waals surface area contributed by atoms with Gasteiger partial charge in [0.15, 0.2) is 0 Å². The number of rotatable bonds is 12. The lowest BCUT2D eigenvalue weighted by Crippen LogP contribution is -2.58. The highest BCUT2D eigenvalue weighted by molar-refractivity contribution is 7.98. The summed E-state index contributed by atoms with van der Waals surface area (Å²) in [7, 11) is 0. The molecule has 1 aliphatic heterocycles. The Kier molecular flexibility index (Phi) is 11.1. The predicted molar refractivity (Wildman–Crippen MR) is 114 cm³/mol. The highest BCUT2D eigenvalue weighted by Crippen LogP contribution is 2.20. The number of carbonyl (C=O) groups excluding carboxylic acids is 3. The molecule has 1 saturated heterocycles. The Hall–Kier alpha value is -1.85. The largest absolute Gasteiger partial charge is 0.480 e. The van der Waals surface area contributed by atoms with E-state index < -0.39 is 54.5 Å². The molecule has 3 amide bonds. The van der Waals surface area contributed by atoms with Crippen LogP contribution in [0.2, 0.25) is 0 Å². The number of hydrogen-bond donors (Lipinski definition) is 5. The number of nitrogens with zero attached hydrogens (tertiary/aromatic N) is 1. The lowest BCUT2D eigenvalue weighted by molar-refractivity contribution is -0.149. The zero-order valence-electron chi connectivity index (χ0n) is 17.8. The van der Waals surface area contributed by atoms with E-state index in [1.54, 1.807) is 0 Å². The fourth-order valence-corrected chi connectivity index (χ4v) is 3.79. The van der Waals surface area contributed by atoms with E-state index in [0.29, 0.717) is 38.0 Å². The fourth-order valence-electron chi connectivity index (χ4n) is 3.30. The smallest absolute Gasteiger partial charge is 0.326 e. The molecule has 0 aromatic carbocycles. The Balaban J connectivity index is 2.84. The number of likely N-dealkylation sites (tertiary alicyclic amines) is 1. The highest BCUT2D eigenvalue weighted by Gasteiger charge is 2.38. The van der Waals surface area contributed by atoms with E-state index in [2.05, 4.69) is 10.6 Å². The molecule has 30 heavy (non-hydrogen) atoms. The topological polar surface area (TPSA) is 162 Å². The molecule has 1 aliphatic rings. The summed E-state index contributed by atoms with van der Waals surface area (Å²) in [6, 6.07) is -3.93. The summed E-state index contributed by atoms with van der Waals surface area (Å²) in [6.45, 7) is 3.41. The van der Waals surface area contributed by atoms with Gasteiger partial charge < -0.3 is 31.5 Å². The molecule has 0 aromatic rings. The Bertz CT molecular complexity index is 618. The van der Waals surface area contributed by atoms with Crippen molar-refractivity contribution >= 4 is 35.5 Å². The second-order valence-electron chi connectivity index (χ2n) is 7.85. The van der Waals surface area contributed by atoms with Gasteiger partial charge in [0.25, 0.3) is 0 Å². The molecule has 0 aliphatic carbocycles. The van der Waals surface area contributed by atoms with Crippen LogP contribution in [0.25, 0.3) is 0 Å². The Morgan fingerprint density at radius 1 is 1.17 bits per heavy atom. The molecule has 6 N–H and O–H groups in total. The number of hydrogen-bond acceptors (Lipinski definition) is 7. The van der Waals surface area contributed by atoms with Crippen molar-refractivity contribution in [2.45, 2.75) is 63.7 Å². The summed E-state index contributed by atoms with van der Waals surface area (Å²) in [5.41, 5.74) is 5.79. The third-order valence-corrected chi connectivity index (χ3v) is 5.57. The Morgan fingerprint density at radius 3 is 2.33 bits per heavy atom. The summed E-state index contributed by atoms with van der Waals surface area (Å²) < 4.78 is 0. The Morgan fingerprint density at radius 2 is 1.80 bits per heavy atom. The number of aliphatic hydroxyl groups excluding tert-OH is 1. The average Bonchev–Trinajstić information content (AvgIpc) is 3.18. The lowest BCUT2D eigenvalue weighted by Gasteiger charge is -2.29. The van der Waals surface area contributed by atoms with E-state index in [4.69, 9.17) is 5.73 Å². The third kappa shape index (κ3) is 7.77. The van der Waals surface area contributed by atoms with Gasteiger partial charge in [-0.2, -0.15) is 11.8 Å². The van der Waals surface area contributed by atoms with Gasteiger partial charge in [0.2, 0.25) is 17.7 Å². The van der Waals surface area contributed by atoms with Crippen LogP contribution < -0.4 is 16.4 Å². The van der Waals surface area contributed by atoms with Gasteiger partial charge in [-0.05, 0) is 43.6 Å². The van der Waals surface area contributed by atoms with E-state index in [-0.39, 0.29) is 5.92 Å². The van der Waals surface area contributed by atoms with Crippen molar-refractivity contribution in [2.24, 2.45) is 11.7 Å². The molecule has 11 heteroatoms. The minimum Gasteiger partial charge on any atom is -0.480 e. The molecule has 1 heterocycles. The van der Waals surface area contributed by atoms with Gasteiger partial charge >= 0.3 is 5.97 Å². The summed E-state index contributed by atoms with van der Waals surface area (Å²) in [5, 5.41) is 23.9. The SMILES string of the molecule is CSCCC(N)C(=O)NC(CO)C(=O)NC(CC(C)C)C(=O)N1CCCC1C(=O)O. The third-order valence-electron chi connectivity index (χ3n) is 4.93. The van der Waals surface area contributed by atoms with Crippen LogP contribution in [-0.2, 0) is 19.2 Å². The first-order valence-corrected chi connectivity index (χ1v) is 11.5. The molecule has 4 unspecified atom stereocenters. The van der Waals surface area contributed by atoms with Crippen molar-refractivity contribution in [1.29, 1.82) is 0 Å². The second kappa shape index (κ2) is 12.8. The average molecular weight is 447 g/mol. The minimum absolute atomic E-state index is 0.0484. The number of aliphatic carboxylic acids is 1. The maximum atomic E-state index is 13.0. The molecule has 1 rings (SSSR count). The zero-order chi connectivity index (χ0) is 22.8. The fraction of sp³-hybridized carbons (Fsp3) is 0.789. The van der Waals surface area contributed by atoms with Crippen molar-refractivity contribution in [3.05, 3.63) is 0 Å². The highest BCUT2D eigenvalue weighted by atomic mass is 32.2. The standard InChI is InChI=1S/C19H34N4O6S/c1-11(2)9-13(18(27)23-7-4-5-15(23)19(28)29)21-17(26)14(10-24)22-16(25)12(20)6-8-30-3/h11-15,24H,4-10,20H2,1-3H3,(H,21,26)(H,22,25)(H,28,29).